The van der Waals surface area contributed by atoms with Crippen molar-refractivity contribution in [2.45, 2.75) is 65.3 Å². The molecule has 0 amide bonds. The van der Waals surface area contributed by atoms with Gasteiger partial charge in [0.25, 0.3) is 0 Å². The number of hydrogen-bond acceptors (Lipinski definition) is 2. The summed E-state index contributed by atoms with van der Waals surface area (Å²) in [5.41, 5.74) is 1.49. The van der Waals surface area contributed by atoms with Crippen LogP contribution < -0.4 is 5.32 Å². The number of ether oxygens (including phenoxy) is 1. The van der Waals surface area contributed by atoms with Crippen LogP contribution in [0.5, 0.6) is 0 Å². The van der Waals surface area contributed by atoms with Crippen LogP contribution in [0.1, 0.15) is 59.3 Å². The highest BCUT2D eigenvalue weighted by atomic mass is 16.5. The first-order chi connectivity index (χ1) is 8.33. The maximum absolute atomic E-state index is 5.51. The highest BCUT2D eigenvalue weighted by molar-refractivity contribution is 5.11. The van der Waals surface area contributed by atoms with Crippen molar-refractivity contribution < 1.29 is 4.74 Å². The average Bonchev–Trinajstić information content (AvgIpc) is 2.37. The highest BCUT2D eigenvalue weighted by Gasteiger charge is 2.24. The molecule has 0 fully saturated rings. The molecule has 100 valence electrons. The van der Waals surface area contributed by atoms with Gasteiger partial charge in [0.15, 0.2) is 0 Å². The maximum Gasteiger partial charge on any atom is 0.0876 e. The van der Waals surface area contributed by atoms with Crippen LogP contribution in [0, 0.1) is 5.92 Å². The van der Waals surface area contributed by atoms with Gasteiger partial charge in [-0.2, -0.15) is 0 Å². The van der Waals surface area contributed by atoms with Crippen molar-refractivity contribution in [1.29, 1.82) is 0 Å². The third kappa shape index (κ3) is 4.71. The second-order valence-electron chi connectivity index (χ2n) is 5.04. The largest absolute Gasteiger partial charge is 0.501 e. The Morgan fingerprint density at radius 2 is 1.94 bits per heavy atom. The van der Waals surface area contributed by atoms with Gasteiger partial charge >= 0.3 is 0 Å². The fraction of sp³-hybridized carbons (Fsp3) is 0.867. The van der Waals surface area contributed by atoms with Crippen LogP contribution in [0.2, 0.25) is 0 Å². The van der Waals surface area contributed by atoms with E-state index >= 15 is 0 Å². The monoisotopic (exact) mass is 239 g/mol. The van der Waals surface area contributed by atoms with Gasteiger partial charge in [0.2, 0.25) is 0 Å². The molecule has 1 aliphatic heterocycles. The fourth-order valence-corrected chi connectivity index (χ4v) is 2.85. The van der Waals surface area contributed by atoms with Crippen LogP contribution in [0.4, 0.5) is 0 Å². The molecule has 0 aromatic rings. The summed E-state index contributed by atoms with van der Waals surface area (Å²) in [6, 6.07) is 0.542. The van der Waals surface area contributed by atoms with Crippen LogP contribution in [0.25, 0.3) is 0 Å². The summed E-state index contributed by atoms with van der Waals surface area (Å²) in [6.07, 6.45) is 9.61. The topological polar surface area (TPSA) is 21.3 Å². The van der Waals surface area contributed by atoms with E-state index in [-0.39, 0.29) is 0 Å². The van der Waals surface area contributed by atoms with Gasteiger partial charge in [-0.05, 0) is 43.7 Å². The van der Waals surface area contributed by atoms with Gasteiger partial charge in [0, 0.05) is 6.04 Å². The second kappa shape index (κ2) is 8.57. The van der Waals surface area contributed by atoms with E-state index in [0.29, 0.717) is 6.04 Å². The molecular weight excluding hydrogens is 210 g/mol. The Morgan fingerprint density at radius 3 is 2.41 bits per heavy atom. The Hall–Kier alpha value is -0.500. The van der Waals surface area contributed by atoms with E-state index in [1.807, 2.05) is 6.26 Å². The van der Waals surface area contributed by atoms with E-state index in [2.05, 4.69) is 26.1 Å². The van der Waals surface area contributed by atoms with Gasteiger partial charge < -0.3 is 10.1 Å². The molecule has 0 spiro atoms. The summed E-state index contributed by atoms with van der Waals surface area (Å²) in [4.78, 5) is 0. The van der Waals surface area contributed by atoms with Crippen molar-refractivity contribution in [3.8, 4) is 0 Å². The fourth-order valence-electron chi connectivity index (χ4n) is 2.85. The first kappa shape index (κ1) is 14.6. The van der Waals surface area contributed by atoms with Crippen LogP contribution in [0.3, 0.4) is 0 Å². The molecule has 1 N–H and O–H groups in total. The third-order valence-electron chi connectivity index (χ3n) is 3.58. The Balaban J connectivity index is 2.68. The minimum atomic E-state index is 0.542. The molecule has 1 heterocycles. The number of likely N-dealkylation sites (N-methyl/N-ethyl adjacent to an activating group) is 1. The molecule has 0 saturated carbocycles. The van der Waals surface area contributed by atoms with E-state index in [4.69, 9.17) is 4.74 Å². The number of nitrogens with one attached hydrogen (secondary N) is 1. The molecule has 0 aliphatic carbocycles. The molecule has 1 unspecified atom stereocenters. The average molecular weight is 239 g/mol. The van der Waals surface area contributed by atoms with E-state index < -0.39 is 0 Å². The smallest absolute Gasteiger partial charge is 0.0876 e. The molecule has 1 rings (SSSR count). The first-order valence-corrected chi connectivity index (χ1v) is 7.37. The summed E-state index contributed by atoms with van der Waals surface area (Å²) in [5.74, 6) is 0.776. The summed E-state index contributed by atoms with van der Waals surface area (Å²) >= 11 is 0. The predicted octanol–water partition coefficient (Wildman–Crippen LogP) is 3.88. The Labute approximate surface area is 107 Å². The molecule has 0 radical (unpaired) electrons. The van der Waals surface area contributed by atoms with Gasteiger partial charge in [0.05, 0.1) is 12.9 Å². The summed E-state index contributed by atoms with van der Waals surface area (Å²) in [7, 11) is 0. The second-order valence-corrected chi connectivity index (χ2v) is 5.04. The molecule has 0 saturated heterocycles. The maximum atomic E-state index is 5.51. The lowest BCUT2D eigenvalue weighted by atomic mass is 9.84. The standard InChI is InChI=1S/C15H29NO/c1-4-8-13(9-5-2)15(16-6-3)14-10-7-11-17-12-14/h12-13,15-16H,4-11H2,1-3H3. The van der Waals surface area contributed by atoms with E-state index in [0.717, 1.165) is 19.1 Å². The van der Waals surface area contributed by atoms with Crippen LogP contribution in [-0.4, -0.2) is 19.2 Å². The normalized spacial score (nSPS) is 17.8. The Bertz CT molecular complexity index is 219. The molecule has 0 aromatic carbocycles. The lowest BCUT2D eigenvalue weighted by Crippen LogP contribution is -2.38. The molecular formula is C15H29NO. The van der Waals surface area contributed by atoms with Crippen molar-refractivity contribution in [1.82, 2.24) is 5.32 Å². The quantitative estimate of drug-likeness (QED) is 0.694. The molecule has 1 aliphatic rings. The zero-order valence-electron chi connectivity index (χ0n) is 11.8. The van der Waals surface area contributed by atoms with Crippen molar-refractivity contribution >= 4 is 0 Å². The summed E-state index contributed by atoms with van der Waals surface area (Å²) in [6.45, 7) is 8.72. The molecule has 0 bridgehead atoms. The Kier molecular flexibility index (Phi) is 7.34. The minimum absolute atomic E-state index is 0.542. The van der Waals surface area contributed by atoms with Gasteiger partial charge in [-0.3, -0.25) is 0 Å². The first-order valence-electron chi connectivity index (χ1n) is 7.37. The van der Waals surface area contributed by atoms with Gasteiger partial charge in [-0.15, -0.1) is 0 Å². The van der Waals surface area contributed by atoms with Crippen LogP contribution in [-0.2, 0) is 4.74 Å². The van der Waals surface area contributed by atoms with Crippen LogP contribution >= 0.6 is 0 Å². The number of hydrogen-bond donors (Lipinski definition) is 1. The lowest BCUT2D eigenvalue weighted by molar-refractivity contribution is 0.211. The SMILES string of the molecule is CCCC(CCC)C(NCC)C1=COCCC1. The molecule has 17 heavy (non-hydrogen) atoms. The zero-order chi connectivity index (χ0) is 12.5. The van der Waals surface area contributed by atoms with E-state index in [1.54, 1.807) is 0 Å². The van der Waals surface area contributed by atoms with Gasteiger partial charge in [-0.25, -0.2) is 0 Å². The molecule has 1 atom stereocenters. The zero-order valence-corrected chi connectivity index (χ0v) is 11.8. The molecule has 2 heteroatoms. The molecule has 2 nitrogen and oxygen atoms in total. The van der Waals surface area contributed by atoms with E-state index in [1.165, 1.54) is 44.1 Å². The predicted molar refractivity (Wildman–Crippen MR) is 74.0 cm³/mol. The van der Waals surface area contributed by atoms with Gasteiger partial charge in [0.1, 0.15) is 0 Å². The van der Waals surface area contributed by atoms with E-state index in [9.17, 15) is 0 Å². The van der Waals surface area contributed by atoms with Crippen molar-refractivity contribution in [2.75, 3.05) is 13.2 Å². The van der Waals surface area contributed by atoms with Gasteiger partial charge in [-0.1, -0.05) is 33.6 Å². The minimum Gasteiger partial charge on any atom is -0.501 e. The number of rotatable bonds is 8. The molecule has 0 aromatic heterocycles. The van der Waals surface area contributed by atoms with Crippen molar-refractivity contribution in [3.63, 3.8) is 0 Å². The third-order valence-corrected chi connectivity index (χ3v) is 3.58. The highest BCUT2D eigenvalue weighted by Crippen LogP contribution is 2.27. The summed E-state index contributed by atoms with van der Waals surface area (Å²) in [5, 5.41) is 3.67. The Morgan fingerprint density at radius 1 is 1.24 bits per heavy atom. The van der Waals surface area contributed by atoms with Crippen LogP contribution in [0.15, 0.2) is 11.8 Å². The van der Waals surface area contributed by atoms with Crippen molar-refractivity contribution in [3.05, 3.63) is 11.8 Å². The summed E-state index contributed by atoms with van der Waals surface area (Å²) < 4.78 is 5.51. The van der Waals surface area contributed by atoms with Crippen molar-refractivity contribution in [2.24, 2.45) is 5.92 Å². The lowest BCUT2D eigenvalue weighted by Gasteiger charge is -2.31.